The third-order valence-corrected chi connectivity index (χ3v) is 3.95. The summed E-state index contributed by atoms with van der Waals surface area (Å²) in [7, 11) is 1.55. The molecule has 8 nitrogen and oxygen atoms in total. The van der Waals surface area contributed by atoms with E-state index in [-0.39, 0.29) is 31.6 Å². The first-order chi connectivity index (χ1) is 12.0. The molecule has 0 bridgehead atoms. The van der Waals surface area contributed by atoms with E-state index in [1.165, 1.54) is 4.90 Å². The van der Waals surface area contributed by atoms with Gasteiger partial charge in [-0.3, -0.25) is 9.59 Å². The highest BCUT2D eigenvalue weighted by molar-refractivity contribution is 5.82. The fraction of sp³-hybridized carbons (Fsp3) is 0.471. The molecule has 0 aliphatic carbocycles. The number of nitrogens with two attached hydrogens (primary N) is 1. The van der Waals surface area contributed by atoms with Crippen LogP contribution in [0.25, 0.3) is 0 Å². The highest BCUT2D eigenvalue weighted by Gasteiger charge is 2.27. The zero-order valence-electron chi connectivity index (χ0n) is 14.1. The number of esters is 1. The number of carbonyl (C=O) groups excluding carboxylic acids is 3. The summed E-state index contributed by atoms with van der Waals surface area (Å²) in [6.45, 7) is 0.121. The molecule has 2 rings (SSSR count). The summed E-state index contributed by atoms with van der Waals surface area (Å²) in [5.74, 6) is -0.578. The van der Waals surface area contributed by atoms with Crippen LogP contribution in [0.15, 0.2) is 24.3 Å². The average molecular weight is 350 g/mol. The molecule has 0 spiro atoms. The Balaban J connectivity index is 1.71. The molecule has 1 heterocycles. The van der Waals surface area contributed by atoms with Crippen LogP contribution in [0.1, 0.15) is 12.8 Å². The Labute approximate surface area is 145 Å². The molecule has 1 aliphatic rings. The number of ether oxygens (including phenoxy) is 3. The first kappa shape index (κ1) is 18.6. The summed E-state index contributed by atoms with van der Waals surface area (Å²) >= 11 is 0. The SMILES string of the molecule is COc1ccc(OCC(=O)OCC(=O)N2CCC[C@H](C(N)=O)C2)cc1. The predicted molar refractivity (Wildman–Crippen MR) is 87.9 cm³/mol. The van der Waals surface area contributed by atoms with Crippen molar-refractivity contribution in [2.24, 2.45) is 11.7 Å². The predicted octanol–water partition coefficient (Wildman–Crippen LogP) is 0.341. The second-order valence-electron chi connectivity index (χ2n) is 5.71. The zero-order chi connectivity index (χ0) is 18.2. The lowest BCUT2D eigenvalue weighted by Crippen LogP contribution is -2.45. The van der Waals surface area contributed by atoms with Crippen molar-refractivity contribution < 1.29 is 28.6 Å². The maximum Gasteiger partial charge on any atom is 0.344 e. The standard InChI is InChI=1S/C17H22N2O6/c1-23-13-4-6-14(7-5-13)24-11-16(21)25-10-15(20)19-8-2-3-12(9-19)17(18)22/h4-7,12H,2-3,8-11H2,1H3,(H2,18,22)/t12-/m0/s1. The number of hydrogen-bond donors (Lipinski definition) is 1. The fourth-order valence-electron chi connectivity index (χ4n) is 2.53. The van der Waals surface area contributed by atoms with E-state index in [0.29, 0.717) is 30.9 Å². The quantitative estimate of drug-likeness (QED) is 0.711. The Bertz CT molecular complexity index is 616. The van der Waals surface area contributed by atoms with Gasteiger partial charge in [0.1, 0.15) is 11.5 Å². The lowest BCUT2D eigenvalue weighted by Gasteiger charge is -2.31. The van der Waals surface area contributed by atoms with Crippen LogP contribution in [0, 0.1) is 5.92 Å². The zero-order valence-corrected chi connectivity index (χ0v) is 14.1. The van der Waals surface area contributed by atoms with Gasteiger partial charge in [-0.2, -0.15) is 0 Å². The van der Waals surface area contributed by atoms with Gasteiger partial charge in [0.2, 0.25) is 5.91 Å². The van der Waals surface area contributed by atoms with Gasteiger partial charge in [0.25, 0.3) is 5.91 Å². The molecule has 1 fully saturated rings. The van der Waals surface area contributed by atoms with Crippen LogP contribution < -0.4 is 15.2 Å². The van der Waals surface area contributed by atoms with Gasteiger partial charge in [0, 0.05) is 13.1 Å². The number of likely N-dealkylation sites (tertiary alicyclic amines) is 1. The molecule has 0 unspecified atom stereocenters. The molecule has 1 aromatic rings. The van der Waals surface area contributed by atoms with Crippen LogP contribution in [-0.4, -0.2) is 56.1 Å². The molecule has 1 aromatic carbocycles. The smallest absolute Gasteiger partial charge is 0.344 e. The lowest BCUT2D eigenvalue weighted by atomic mass is 9.97. The number of hydrogen-bond acceptors (Lipinski definition) is 6. The van der Waals surface area contributed by atoms with Gasteiger partial charge >= 0.3 is 5.97 Å². The third kappa shape index (κ3) is 5.66. The monoisotopic (exact) mass is 350 g/mol. The van der Waals surface area contributed by atoms with Crippen LogP contribution in [0.2, 0.25) is 0 Å². The first-order valence-corrected chi connectivity index (χ1v) is 7.99. The maximum atomic E-state index is 12.1. The Morgan fingerprint density at radius 2 is 1.84 bits per heavy atom. The van der Waals surface area contributed by atoms with E-state index >= 15 is 0 Å². The van der Waals surface area contributed by atoms with E-state index in [2.05, 4.69) is 0 Å². The van der Waals surface area contributed by atoms with Gasteiger partial charge in [-0.1, -0.05) is 0 Å². The van der Waals surface area contributed by atoms with Gasteiger partial charge in [0.05, 0.1) is 13.0 Å². The second kappa shape index (κ2) is 8.91. The molecule has 0 radical (unpaired) electrons. The van der Waals surface area contributed by atoms with E-state index in [9.17, 15) is 14.4 Å². The van der Waals surface area contributed by atoms with Gasteiger partial charge < -0.3 is 24.8 Å². The van der Waals surface area contributed by atoms with Crippen LogP contribution in [0.5, 0.6) is 11.5 Å². The molecule has 2 amide bonds. The molecule has 0 aromatic heterocycles. The Morgan fingerprint density at radius 1 is 1.16 bits per heavy atom. The average Bonchev–Trinajstić information content (AvgIpc) is 2.64. The summed E-state index contributed by atoms with van der Waals surface area (Å²) in [6, 6.07) is 6.73. The first-order valence-electron chi connectivity index (χ1n) is 7.99. The van der Waals surface area contributed by atoms with Crippen molar-refractivity contribution in [1.29, 1.82) is 0 Å². The van der Waals surface area contributed by atoms with Crippen LogP contribution in [0.3, 0.4) is 0 Å². The molecule has 0 saturated carbocycles. The van der Waals surface area contributed by atoms with Crippen molar-refractivity contribution in [2.45, 2.75) is 12.8 Å². The molecular weight excluding hydrogens is 328 g/mol. The van der Waals surface area contributed by atoms with Crippen LogP contribution in [-0.2, 0) is 19.1 Å². The van der Waals surface area contributed by atoms with Crippen molar-refractivity contribution in [3.05, 3.63) is 24.3 Å². The van der Waals surface area contributed by atoms with Crippen molar-refractivity contribution in [3.8, 4) is 11.5 Å². The topological polar surface area (TPSA) is 108 Å². The van der Waals surface area contributed by atoms with E-state index in [4.69, 9.17) is 19.9 Å². The molecule has 1 aliphatic heterocycles. The Hall–Kier alpha value is -2.77. The fourth-order valence-corrected chi connectivity index (χ4v) is 2.53. The molecule has 1 saturated heterocycles. The summed E-state index contributed by atoms with van der Waals surface area (Å²) in [6.07, 6.45) is 1.38. The largest absolute Gasteiger partial charge is 0.497 e. The molecule has 136 valence electrons. The minimum absolute atomic E-state index is 0.272. The van der Waals surface area contributed by atoms with Gasteiger partial charge in [0.15, 0.2) is 13.2 Å². The third-order valence-electron chi connectivity index (χ3n) is 3.95. The van der Waals surface area contributed by atoms with Crippen molar-refractivity contribution >= 4 is 17.8 Å². The Morgan fingerprint density at radius 3 is 2.48 bits per heavy atom. The summed E-state index contributed by atoms with van der Waals surface area (Å²) in [4.78, 5) is 36.5. The molecular formula is C17H22N2O6. The van der Waals surface area contributed by atoms with E-state index < -0.39 is 11.9 Å². The molecule has 1 atom stereocenters. The number of carbonyl (C=O) groups is 3. The van der Waals surface area contributed by atoms with Crippen molar-refractivity contribution in [1.82, 2.24) is 4.90 Å². The van der Waals surface area contributed by atoms with E-state index in [0.717, 1.165) is 0 Å². The maximum absolute atomic E-state index is 12.1. The van der Waals surface area contributed by atoms with E-state index in [1.807, 2.05) is 0 Å². The van der Waals surface area contributed by atoms with Crippen LogP contribution in [0.4, 0.5) is 0 Å². The molecule has 8 heteroatoms. The van der Waals surface area contributed by atoms with Crippen molar-refractivity contribution in [2.75, 3.05) is 33.4 Å². The van der Waals surface area contributed by atoms with Crippen LogP contribution >= 0.6 is 0 Å². The number of piperidine rings is 1. The second-order valence-corrected chi connectivity index (χ2v) is 5.71. The number of amides is 2. The highest BCUT2D eigenvalue weighted by Crippen LogP contribution is 2.17. The minimum Gasteiger partial charge on any atom is -0.497 e. The summed E-state index contributed by atoms with van der Waals surface area (Å²) in [5, 5.41) is 0. The highest BCUT2D eigenvalue weighted by atomic mass is 16.6. The lowest BCUT2D eigenvalue weighted by molar-refractivity contribution is -0.154. The van der Waals surface area contributed by atoms with Crippen molar-refractivity contribution in [3.63, 3.8) is 0 Å². The summed E-state index contributed by atoms with van der Waals surface area (Å²) < 4.78 is 15.2. The molecule has 25 heavy (non-hydrogen) atoms. The molecule has 2 N–H and O–H groups in total. The number of primary amides is 1. The number of rotatable bonds is 7. The van der Waals surface area contributed by atoms with Gasteiger partial charge in [-0.15, -0.1) is 0 Å². The summed E-state index contributed by atoms with van der Waals surface area (Å²) in [5.41, 5.74) is 5.28. The number of benzene rings is 1. The number of nitrogens with zero attached hydrogens (tertiary/aromatic N) is 1. The van der Waals surface area contributed by atoms with Gasteiger partial charge in [-0.25, -0.2) is 4.79 Å². The normalized spacial score (nSPS) is 16.8. The van der Waals surface area contributed by atoms with E-state index in [1.54, 1.807) is 31.4 Å². The Kier molecular flexibility index (Phi) is 6.62. The minimum atomic E-state index is -0.646. The van der Waals surface area contributed by atoms with Gasteiger partial charge in [-0.05, 0) is 37.1 Å². The number of methoxy groups -OCH3 is 1.